The third kappa shape index (κ3) is 2.46. The molecule has 2 N–H and O–H groups in total. The van der Waals surface area contributed by atoms with Crippen LogP contribution in [0.4, 0.5) is 11.6 Å². The zero-order valence-corrected chi connectivity index (χ0v) is 9.64. The second-order valence-corrected chi connectivity index (χ2v) is 3.72. The second kappa shape index (κ2) is 4.84. The summed E-state index contributed by atoms with van der Waals surface area (Å²) in [5.41, 5.74) is -0.189. The summed E-state index contributed by atoms with van der Waals surface area (Å²) in [6.07, 6.45) is 3.00. The fourth-order valence-electron chi connectivity index (χ4n) is 1.31. The van der Waals surface area contributed by atoms with E-state index >= 15 is 0 Å². The highest BCUT2D eigenvalue weighted by Gasteiger charge is 2.16. The van der Waals surface area contributed by atoms with Crippen LogP contribution in [-0.4, -0.2) is 20.8 Å². The van der Waals surface area contributed by atoms with Crippen LogP contribution in [0, 0.1) is 10.1 Å². The van der Waals surface area contributed by atoms with Crippen LogP contribution in [0.25, 0.3) is 0 Å². The molecule has 0 spiro atoms. The third-order valence-electron chi connectivity index (χ3n) is 2.14. The summed E-state index contributed by atoms with van der Waals surface area (Å²) in [6, 6.07) is 3.64. The second-order valence-electron chi connectivity index (χ2n) is 3.31. The predicted molar refractivity (Wildman–Crippen MR) is 64.6 cm³/mol. The van der Waals surface area contributed by atoms with Crippen molar-refractivity contribution in [3.05, 3.63) is 51.3 Å². The molecule has 0 fully saturated rings. The number of aromatic amines is 1. The fraction of sp³-hybridized carbons (Fsp3) is 0. The lowest BCUT2D eigenvalue weighted by Crippen LogP contribution is -2.13. The highest BCUT2D eigenvalue weighted by Crippen LogP contribution is 2.22. The molecular formula is C10H7ClN4O3. The molecule has 18 heavy (non-hydrogen) atoms. The molecule has 0 radical (unpaired) electrons. The number of nitrogens with zero attached hydrogens (tertiary/aromatic N) is 2. The number of nitrogens with one attached hydrogen (secondary N) is 2. The number of rotatable bonds is 3. The Morgan fingerprint density at radius 3 is 2.89 bits per heavy atom. The van der Waals surface area contributed by atoms with Crippen LogP contribution >= 0.6 is 11.6 Å². The van der Waals surface area contributed by atoms with Gasteiger partial charge >= 0.3 is 0 Å². The third-order valence-corrected chi connectivity index (χ3v) is 2.47. The van der Waals surface area contributed by atoms with Gasteiger partial charge in [0.2, 0.25) is 5.95 Å². The van der Waals surface area contributed by atoms with E-state index in [9.17, 15) is 14.9 Å². The Morgan fingerprint density at radius 1 is 1.50 bits per heavy atom. The molecule has 0 saturated heterocycles. The number of hydrogen-bond acceptors (Lipinski definition) is 4. The van der Waals surface area contributed by atoms with Gasteiger partial charge in [0.15, 0.2) is 0 Å². The first-order chi connectivity index (χ1) is 8.58. The smallest absolute Gasteiger partial charge is 0.270 e. The normalized spacial score (nSPS) is 10.1. The maximum atomic E-state index is 11.8. The largest absolute Gasteiger partial charge is 0.331 e. The molecule has 0 aliphatic heterocycles. The number of non-ortho nitro benzene ring substituents is 1. The molecule has 1 aromatic heterocycles. The van der Waals surface area contributed by atoms with Crippen LogP contribution in [0.5, 0.6) is 0 Å². The molecule has 0 unspecified atom stereocenters. The Bertz CT molecular complexity index is 597. The van der Waals surface area contributed by atoms with Gasteiger partial charge in [0.05, 0.1) is 15.5 Å². The molecule has 2 rings (SSSR count). The number of carbonyl (C=O) groups excluding carboxylic acids is 1. The SMILES string of the molecule is O=C(Nc1ncc[nH]1)c1cc([N+](=O)[O-])ccc1Cl. The topological polar surface area (TPSA) is 101 Å². The molecule has 0 saturated carbocycles. The van der Waals surface area contributed by atoms with Gasteiger partial charge in [0, 0.05) is 24.5 Å². The van der Waals surface area contributed by atoms with Crippen molar-refractivity contribution in [2.45, 2.75) is 0 Å². The van der Waals surface area contributed by atoms with E-state index in [0.717, 1.165) is 6.07 Å². The molecule has 0 bridgehead atoms. The first-order valence-corrected chi connectivity index (χ1v) is 5.20. The lowest BCUT2D eigenvalue weighted by atomic mass is 10.2. The number of carbonyl (C=O) groups is 1. The summed E-state index contributed by atoms with van der Waals surface area (Å²) in [5, 5.41) is 13.2. The number of benzene rings is 1. The number of halogens is 1. The van der Waals surface area contributed by atoms with Crippen LogP contribution < -0.4 is 5.32 Å². The molecule has 92 valence electrons. The highest BCUT2D eigenvalue weighted by atomic mass is 35.5. The van der Waals surface area contributed by atoms with E-state index in [1.165, 1.54) is 24.5 Å². The Hall–Kier alpha value is -2.41. The Kier molecular flexibility index (Phi) is 3.24. The van der Waals surface area contributed by atoms with Crippen LogP contribution in [0.15, 0.2) is 30.6 Å². The number of imidazole rings is 1. The summed E-state index contributed by atoms with van der Waals surface area (Å²) in [7, 11) is 0. The van der Waals surface area contributed by atoms with Crippen LogP contribution in [0.3, 0.4) is 0 Å². The molecule has 1 heterocycles. The van der Waals surface area contributed by atoms with Gasteiger partial charge in [0.25, 0.3) is 11.6 Å². The van der Waals surface area contributed by atoms with E-state index in [1.54, 1.807) is 0 Å². The van der Waals surface area contributed by atoms with E-state index in [2.05, 4.69) is 15.3 Å². The average molecular weight is 267 g/mol. The molecule has 0 aliphatic rings. The fourth-order valence-corrected chi connectivity index (χ4v) is 1.51. The van der Waals surface area contributed by atoms with Crippen molar-refractivity contribution in [1.82, 2.24) is 9.97 Å². The lowest BCUT2D eigenvalue weighted by molar-refractivity contribution is -0.384. The summed E-state index contributed by atoms with van der Waals surface area (Å²) in [4.78, 5) is 28.3. The maximum Gasteiger partial charge on any atom is 0.270 e. The van der Waals surface area contributed by atoms with Gasteiger partial charge in [-0.3, -0.25) is 20.2 Å². The molecule has 1 amide bonds. The number of amides is 1. The Labute approximate surface area is 106 Å². The summed E-state index contributed by atoms with van der Waals surface area (Å²) >= 11 is 5.82. The molecule has 0 atom stereocenters. The Morgan fingerprint density at radius 2 is 2.28 bits per heavy atom. The van der Waals surface area contributed by atoms with Gasteiger partial charge in [-0.2, -0.15) is 0 Å². The minimum Gasteiger partial charge on any atom is -0.331 e. The summed E-state index contributed by atoms with van der Waals surface area (Å²) in [5.74, 6) is -0.332. The number of anilines is 1. The van der Waals surface area contributed by atoms with Crippen molar-refractivity contribution < 1.29 is 9.72 Å². The number of nitro benzene ring substituents is 1. The first-order valence-electron chi connectivity index (χ1n) is 4.82. The van der Waals surface area contributed by atoms with Crippen molar-refractivity contribution in [1.29, 1.82) is 0 Å². The molecule has 7 nitrogen and oxygen atoms in total. The molecular weight excluding hydrogens is 260 g/mol. The van der Waals surface area contributed by atoms with Gasteiger partial charge < -0.3 is 4.98 Å². The van der Waals surface area contributed by atoms with Gasteiger partial charge in [-0.25, -0.2) is 4.98 Å². The van der Waals surface area contributed by atoms with E-state index < -0.39 is 10.8 Å². The highest BCUT2D eigenvalue weighted by molar-refractivity contribution is 6.34. The molecule has 8 heteroatoms. The summed E-state index contributed by atoms with van der Waals surface area (Å²) in [6.45, 7) is 0. The standard InChI is InChI=1S/C10H7ClN4O3/c11-8-2-1-6(15(17)18)5-7(8)9(16)14-10-12-3-4-13-10/h1-5H,(H2,12,13,14,16). The van der Waals surface area contributed by atoms with Crippen molar-refractivity contribution in [3.63, 3.8) is 0 Å². The van der Waals surface area contributed by atoms with Crippen LogP contribution in [0.1, 0.15) is 10.4 Å². The van der Waals surface area contributed by atoms with Gasteiger partial charge in [0.1, 0.15) is 0 Å². The number of aromatic nitrogens is 2. The van der Waals surface area contributed by atoms with Crippen molar-refractivity contribution in [2.75, 3.05) is 5.32 Å². The minimum atomic E-state index is -0.597. The maximum absolute atomic E-state index is 11.8. The van der Waals surface area contributed by atoms with Gasteiger partial charge in [-0.05, 0) is 6.07 Å². The Balaban J connectivity index is 2.29. The predicted octanol–water partition coefficient (Wildman–Crippen LogP) is 2.22. The molecule has 1 aromatic carbocycles. The quantitative estimate of drug-likeness (QED) is 0.657. The monoisotopic (exact) mass is 266 g/mol. The zero-order chi connectivity index (χ0) is 13.1. The van der Waals surface area contributed by atoms with Gasteiger partial charge in [-0.15, -0.1) is 0 Å². The van der Waals surface area contributed by atoms with Crippen LogP contribution in [0.2, 0.25) is 5.02 Å². The van der Waals surface area contributed by atoms with E-state index in [-0.39, 0.29) is 22.2 Å². The zero-order valence-electron chi connectivity index (χ0n) is 8.88. The van der Waals surface area contributed by atoms with E-state index in [0.29, 0.717) is 0 Å². The molecule has 2 aromatic rings. The van der Waals surface area contributed by atoms with E-state index in [1.807, 2.05) is 0 Å². The summed E-state index contributed by atoms with van der Waals surface area (Å²) < 4.78 is 0. The van der Waals surface area contributed by atoms with Crippen molar-refractivity contribution in [3.8, 4) is 0 Å². The first kappa shape index (κ1) is 12.1. The molecule has 0 aliphatic carbocycles. The average Bonchev–Trinajstić information content (AvgIpc) is 2.81. The minimum absolute atomic E-state index is 0.0160. The van der Waals surface area contributed by atoms with Crippen LogP contribution in [-0.2, 0) is 0 Å². The van der Waals surface area contributed by atoms with E-state index in [4.69, 9.17) is 11.6 Å². The van der Waals surface area contributed by atoms with Gasteiger partial charge in [-0.1, -0.05) is 11.6 Å². The van der Waals surface area contributed by atoms with Crippen molar-refractivity contribution >= 4 is 29.1 Å². The lowest BCUT2D eigenvalue weighted by Gasteiger charge is -2.03. The number of hydrogen-bond donors (Lipinski definition) is 2. The number of nitro groups is 1. The number of H-pyrrole nitrogens is 1. The van der Waals surface area contributed by atoms with Crippen molar-refractivity contribution in [2.24, 2.45) is 0 Å².